The van der Waals surface area contributed by atoms with Crippen molar-refractivity contribution in [1.29, 1.82) is 0 Å². The fourth-order valence-electron chi connectivity index (χ4n) is 2.24. The molecule has 4 nitrogen and oxygen atoms in total. The topological polar surface area (TPSA) is 69.6 Å². The smallest absolute Gasteiger partial charge is 0.251 e. The number of rotatable bonds is 3. The van der Waals surface area contributed by atoms with Crippen LogP contribution in [0.5, 0.6) is 5.75 Å². The van der Waals surface area contributed by atoms with Gasteiger partial charge >= 0.3 is 0 Å². The van der Waals surface area contributed by atoms with Crippen LogP contribution in [0, 0.1) is 5.92 Å². The SMILES string of the molecule is O=C(NCC1CCCC1O)c1ccc(Br)c(O)c1. The van der Waals surface area contributed by atoms with Crippen molar-refractivity contribution in [2.24, 2.45) is 5.92 Å². The minimum atomic E-state index is -0.302. The van der Waals surface area contributed by atoms with Gasteiger partial charge in [0.1, 0.15) is 5.75 Å². The third kappa shape index (κ3) is 3.03. The highest BCUT2D eigenvalue weighted by molar-refractivity contribution is 9.10. The van der Waals surface area contributed by atoms with Gasteiger partial charge in [-0.25, -0.2) is 0 Å². The van der Waals surface area contributed by atoms with Crippen LogP contribution in [-0.4, -0.2) is 28.8 Å². The molecule has 3 N–H and O–H groups in total. The molecule has 1 aliphatic rings. The lowest BCUT2D eigenvalue weighted by Gasteiger charge is -2.15. The molecule has 2 unspecified atom stereocenters. The summed E-state index contributed by atoms with van der Waals surface area (Å²) in [5.41, 5.74) is 0.420. The first-order valence-electron chi connectivity index (χ1n) is 6.02. The average molecular weight is 314 g/mol. The van der Waals surface area contributed by atoms with E-state index in [0.29, 0.717) is 16.6 Å². The average Bonchev–Trinajstić information content (AvgIpc) is 2.75. The number of carbonyl (C=O) groups is 1. The Hall–Kier alpha value is -1.07. The number of hydrogen-bond donors (Lipinski definition) is 3. The summed E-state index contributed by atoms with van der Waals surface area (Å²) >= 11 is 3.16. The van der Waals surface area contributed by atoms with Gasteiger partial charge in [-0.15, -0.1) is 0 Å². The zero-order valence-electron chi connectivity index (χ0n) is 9.90. The molecule has 1 aliphatic carbocycles. The summed E-state index contributed by atoms with van der Waals surface area (Å²) in [7, 11) is 0. The second-order valence-electron chi connectivity index (χ2n) is 4.63. The summed E-state index contributed by atoms with van der Waals surface area (Å²) in [4.78, 5) is 11.9. The highest BCUT2D eigenvalue weighted by atomic mass is 79.9. The molecule has 1 saturated carbocycles. The minimum absolute atomic E-state index is 0.0450. The van der Waals surface area contributed by atoms with Crippen molar-refractivity contribution in [3.05, 3.63) is 28.2 Å². The summed E-state index contributed by atoms with van der Waals surface area (Å²) in [6, 6.07) is 4.70. The van der Waals surface area contributed by atoms with Gasteiger partial charge < -0.3 is 15.5 Å². The lowest BCUT2D eigenvalue weighted by Crippen LogP contribution is -2.32. The predicted molar refractivity (Wildman–Crippen MR) is 71.5 cm³/mol. The maximum absolute atomic E-state index is 11.9. The second kappa shape index (κ2) is 5.71. The fraction of sp³-hybridized carbons (Fsp3) is 0.462. The van der Waals surface area contributed by atoms with Crippen LogP contribution in [0.4, 0.5) is 0 Å². The van der Waals surface area contributed by atoms with Gasteiger partial charge in [0.2, 0.25) is 0 Å². The Morgan fingerprint density at radius 1 is 1.44 bits per heavy atom. The number of aliphatic hydroxyl groups is 1. The number of benzene rings is 1. The Morgan fingerprint density at radius 3 is 2.83 bits per heavy atom. The minimum Gasteiger partial charge on any atom is -0.507 e. The quantitative estimate of drug-likeness (QED) is 0.800. The Kier molecular flexibility index (Phi) is 4.24. The highest BCUT2D eigenvalue weighted by Crippen LogP contribution is 2.26. The van der Waals surface area contributed by atoms with E-state index >= 15 is 0 Å². The Morgan fingerprint density at radius 2 is 2.22 bits per heavy atom. The Balaban J connectivity index is 1.93. The normalized spacial score (nSPS) is 23.0. The van der Waals surface area contributed by atoms with Crippen LogP contribution in [0.25, 0.3) is 0 Å². The molecule has 0 heterocycles. The van der Waals surface area contributed by atoms with E-state index in [4.69, 9.17) is 0 Å². The van der Waals surface area contributed by atoms with E-state index in [0.717, 1.165) is 19.3 Å². The Labute approximate surface area is 114 Å². The van der Waals surface area contributed by atoms with Crippen molar-refractivity contribution in [3.63, 3.8) is 0 Å². The van der Waals surface area contributed by atoms with Gasteiger partial charge in [-0.3, -0.25) is 4.79 Å². The van der Waals surface area contributed by atoms with Gasteiger partial charge in [-0.2, -0.15) is 0 Å². The largest absolute Gasteiger partial charge is 0.507 e. The van der Waals surface area contributed by atoms with E-state index in [1.54, 1.807) is 12.1 Å². The maximum atomic E-state index is 11.9. The number of aromatic hydroxyl groups is 1. The van der Waals surface area contributed by atoms with E-state index in [1.807, 2.05) is 0 Å². The molecule has 5 heteroatoms. The number of aliphatic hydroxyl groups excluding tert-OH is 1. The van der Waals surface area contributed by atoms with Gasteiger partial charge in [-0.1, -0.05) is 6.42 Å². The molecule has 1 aromatic carbocycles. The predicted octanol–water partition coefficient (Wildman–Crippen LogP) is 2.05. The van der Waals surface area contributed by atoms with Gasteiger partial charge in [0, 0.05) is 18.0 Å². The lowest BCUT2D eigenvalue weighted by atomic mass is 10.1. The number of halogens is 1. The molecular weight excluding hydrogens is 298 g/mol. The molecular formula is C13H16BrNO3. The number of phenolic OH excluding ortho intramolecular Hbond substituents is 1. The third-order valence-corrected chi connectivity index (χ3v) is 4.02. The van der Waals surface area contributed by atoms with E-state index < -0.39 is 0 Å². The van der Waals surface area contributed by atoms with Crippen LogP contribution in [-0.2, 0) is 0 Å². The summed E-state index contributed by atoms with van der Waals surface area (Å²) in [5.74, 6) is -0.0292. The molecule has 0 saturated heterocycles. The Bertz CT molecular complexity index is 450. The first-order chi connectivity index (χ1) is 8.58. The van der Waals surface area contributed by atoms with Gasteiger partial charge in [0.15, 0.2) is 0 Å². The van der Waals surface area contributed by atoms with Crippen molar-refractivity contribution in [2.75, 3.05) is 6.54 Å². The molecule has 1 amide bonds. The third-order valence-electron chi connectivity index (χ3n) is 3.35. The van der Waals surface area contributed by atoms with Crippen molar-refractivity contribution in [1.82, 2.24) is 5.32 Å². The highest BCUT2D eigenvalue weighted by Gasteiger charge is 2.25. The number of carbonyl (C=O) groups excluding carboxylic acids is 1. The first kappa shape index (κ1) is 13.4. The van der Waals surface area contributed by atoms with E-state index in [-0.39, 0.29) is 23.7 Å². The number of hydrogen-bond acceptors (Lipinski definition) is 3. The van der Waals surface area contributed by atoms with Crippen molar-refractivity contribution >= 4 is 21.8 Å². The molecule has 0 aliphatic heterocycles. The van der Waals surface area contributed by atoms with Gasteiger partial charge in [0.05, 0.1) is 10.6 Å². The molecule has 1 fully saturated rings. The zero-order valence-corrected chi connectivity index (χ0v) is 11.5. The summed E-state index contributed by atoms with van der Waals surface area (Å²) in [6.07, 6.45) is 2.48. The lowest BCUT2D eigenvalue weighted by molar-refractivity contribution is 0.0916. The van der Waals surface area contributed by atoms with Crippen LogP contribution >= 0.6 is 15.9 Å². The van der Waals surface area contributed by atoms with Crippen LogP contribution in [0.15, 0.2) is 22.7 Å². The van der Waals surface area contributed by atoms with E-state index in [1.165, 1.54) is 6.07 Å². The van der Waals surface area contributed by atoms with Crippen LogP contribution < -0.4 is 5.32 Å². The first-order valence-corrected chi connectivity index (χ1v) is 6.82. The molecule has 0 aromatic heterocycles. The maximum Gasteiger partial charge on any atom is 0.251 e. The number of nitrogens with one attached hydrogen (secondary N) is 1. The zero-order chi connectivity index (χ0) is 13.1. The van der Waals surface area contributed by atoms with Crippen molar-refractivity contribution < 1.29 is 15.0 Å². The second-order valence-corrected chi connectivity index (χ2v) is 5.49. The summed E-state index contributed by atoms with van der Waals surface area (Å²) in [5, 5.41) is 22.0. The number of phenols is 1. The molecule has 1 aromatic rings. The monoisotopic (exact) mass is 313 g/mol. The molecule has 0 spiro atoms. The van der Waals surface area contributed by atoms with Gasteiger partial charge in [0.25, 0.3) is 5.91 Å². The van der Waals surface area contributed by atoms with E-state index in [9.17, 15) is 15.0 Å². The molecule has 2 atom stereocenters. The standard InChI is InChI=1S/C13H16BrNO3/c14-10-5-4-8(6-12(10)17)13(18)15-7-9-2-1-3-11(9)16/h4-6,9,11,16-17H,1-3,7H2,(H,15,18). The van der Waals surface area contributed by atoms with E-state index in [2.05, 4.69) is 21.2 Å². The number of amides is 1. The molecule has 2 rings (SSSR count). The summed E-state index contributed by atoms with van der Waals surface area (Å²) < 4.78 is 0.560. The molecule has 0 bridgehead atoms. The van der Waals surface area contributed by atoms with Gasteiger partial charge in [-0.05, 0) is 47.0 Å². The van der Waals surface area contributed by atoms with Crippen molar-refractivity contribution in [2.45, 2.75) is 25.4 Å². The fourth-order valence-corrected chi connectivity index (χ4v) is 2.48. The van der Waals surface area contributed by atoms with Crippen molar-refractivity contribution in [3.8, 4) is 5.75 Å². The molecule has 98 valence electrons. The summed E-state index contributed by atoms with van der Waals surface area (Å²) in [6.45, 7) is 0.483. The van der Waals surface area contributed by atoms with Crippen LogP contribution in [0.3, 0.4) is 0 Å². The van der Waals surface area contributed by atoms with Crippen LogP contribution in [0.2, 0.25) is 0 Å². The van der Waals surface area contributed by atoms with Crippen LogP contribution in [0.1, 0.15) is 29.6 Å². The molecule has 18 heavy (non-hydrogen) atoms. The molecule has 0 radical (unpaired) electrons.